The number of hydrogen-bond acceptors (Lipinski definition) is 8. The summed E-state index contributed by atoms with van der Waals surface area (Å²) in [6, 6.07) is 5.99. The zero-order valence-electron chi connectivity index (χ0n) is 22.5. The molecule has 6 aliphatic carbocycles. The number of carboxylic acid groups (broad SMARTS) is 1. The van der Waals surface area contributed by atoms with Gasteiger partial charge in [-0.15, -0.1) is 0 Å². The van der Waals surface area contributed by atoms with Crippen LogP contribution in [0.3, 0.4) is 0 Å². The molecule has 0 saturated heterocycles. The van der Waals surface area contributed by atoms with Gasteiger partial charge in [-0.3, -0.25) is 18.9 Å². The van der Waals surface area contributed by atoms with Gasteiger partial charge in [-0.1, -0.05) is 17.7 Å². The van der Waals surface area contributed by atoms with Crippen LogP contribution in [-0.2, 0) is 34.0 Å². The van der Waals surface area contributed by atoms with E-state index < -0.39 is 63.2 Å². The summed E-state index contributed by atoms with van der Waals surface area (Å²) in [5, 5.41) is 9.31. The van der Waals surface area contributed by atoms with E-state index in [0.29, 0.717) is 17.8 Å². The molecule has 12 heteroatoms. The molecule has 10 nitrogen and oxygen atoms in total. The highest BCUT2D eigenvalue weighted by Crippen LogP contribution is 2.63. The average molecular weight is 582 g/mol. The molecule has 1 aromatic rings. The summed E-state index contributed by atoms with van der Waals surface area (Å²) >= 11 is 0. The maximum absolute atomic E-state index is 14.0. The highest BCUT2D eigenvalue weighted by Gasteiger charge is 2.75. The zero-order valence-corrected chi connectivity index (χ0v) is 23.3. The summed E-state index contributed by atoms with van der Waals surface area (Å²) in [6.07, 6.45) is 3.42. The molecule has 4 bridgehead atoms. The lowest BCUT2D eigenvalue weighted by Crippen LogP contribution is -2.56. The number of esters is 2. The highest BCUT2D eigenvalue weighted by molar-refractivity contribution is 7.85. The number of benzene rings is 1. The molecule has 0 spiro atoms. The number of carboxylic acids is 1. The normalized spacial score (nSPS) is 39.4. The van der Waals surface area contributed by atoms with Crippen molar-refractivity contribution in [2.75, 3.05) is 0 Å². The van der Waals surface area contributed by atoms with E-state index in [2.05, 4.69) is 0 Å². The minimum Gasteiger partial charge on any atom is -0.480 e. The Morgan fingerprint density at radius 2 is 1.52 bits per heavy atom. The first kappa shape index (κ1) is 28.9. The van der Waals surface area contributed by atoms with Crippen LogP contribution in [0.1, 0.15) is 57.4 Å². The van der Waals surface area contributed by atoms with E-state index in [9.17, 15) is 32.3 Å². The Bertz CT molecular complexity index is 1260. The number of ether oxygens (including phenoxy) is 2. The number of nitrogens with two attached hydrogens (primary N) is 1. The molecule has 0 unspecified atom stereocenters. The third-order valence-electron chi connectivity index (χ3n) is 9.71. The van der Waals surface area contributed by atoms with Crippen LogP contribution in [0.2, 0.25) is 0 Å². The fraction of sp³-hybridized carbons (Fsp3) is 0.679. The van der Waals surface area contributed by atoms with Crippen LogP contribution >= 0.6 is 0 Å². The van der Waals surface area contributed by atoms with Crippen molar-refractivity contribution in [2.45, 2.75) is 81.7 Å². The Labute approximate surface area is 232 Å². The van der Waals surface area contributed by atoms with Gasteiger partial charge in [0.1, 0.15) is 11.7 Å². The van der Waals surface area contributed by atoms with Crippen molar-refractivity contribution in [3.05, 3.63) is 29.8 Å². The summed E-state index contributed by atoms with van der Waals surface area (Å²) in [5.74, 6) is -2.53. The predicted molar refractivity (Wildman–Crippen MR) is 138 cm³/mol. The van der Waals surface area contributed by atoms with Gasteiger partial charge in [0.15, 0.2) is 0 Å². The summed E-state index contributed by atoms with van der Waals surface area (Å²) in [6.45, 7) is 3.34. The molecular formula is C28H36FNO9S. The molecule has 6 atom stereocenters. The molecule has 0 amide bonds. The number of hydrogen-bond donors (Lipinski definition) is 3. The van der Waals surface area contributed by atoms with E-state index in [1.54, 1.807) is 12.1 Å². The lowest BCUT2D eigenvalue weighted by molar-refractivity contribution is -0.202. The molecule has 40 heavy (non-hydrogen) atoms. The molecule has 6 saturated carbocycles. The monoisotopic (exact) mass is 581 g/mol. The van der Waals surface area contributed by atoms with Gasteiger partial charge in [-0.2, -0.15) is 8.42 Å². The van der Waals surface area contributed by atoms with E-state index >= 15 is 0 Å². The van der Waals surface area contributed by atoms with E-state index in [4.69, 9.17) is 19.8 Å². The Balaban J connectivity index is 0.000000248. The van der Waals surface area contributed by atoms with E-state index in [-0.39, 0.29) is 17.3 Å². The first-order chi connectivity index (χ1) is 18.6. The van der Waals surface area contributed by atoms with Gasteiger partial charge in [0, 0.05) is 12.8 Å². The quantitative estimate of drug-likeness (QED) is 0.257. The van der Waals surface area contributed by atoms with Gasteiger partial charge in [0.05, 0.1) is 16.2 Å². The van der Waals surface area contributed by atoms with Gasteiger partial charge in [0.2, 0.25) is 6.29 Å². The van der Waals surface area contributed by atoms with Crippen molar-refractivity contribution in [1.29, 1.82) is 0 Å². The number of carbonyl (C=O) groups excluding carboxylic acids is 2. The largest absolute Gasteiger partial charge is 0.480 e. The summed E-state index contributed by atoms with van der Waals surface area (Å²) in [4.78, 5) is 36.8. The van der Waals surface area contributed by atoms with Crippen LogP contribution < -0.4 is 5.73 Å². The Morgan fingerprint density at radius 1 is 1.00 bits per heavy atom. The first-order valence-electron chi connectivity index (χ1n) is 13.8. The first-order valence-corrected chi connectivity index (χ1v) is 15.2. The van der Waals surface area contributed by atoms with Crippen molar-refractivity contribution in [3.8, 4) is 0 Å². The maximum Gasteiger partial charge on any atom is 0.327 e. The molecule has 0 heterocycles. The average Bonchev–Trinajstić information content (AvgIpc) is 3.49. The number of rotatable bonds is 6. The summed E-state index contributed by atoms with van der Waals surface area (Å²) in [7, 11) is -4.02. The smallest absolute Gasteiger partial charge is 0.327 e. The molecular weight excluding hydrogens is 545 g/mol. The predicted octanol–water partition coefficient (Wildman–Crippen LogP) is 3.26. The third kappa shape index (κ3) is 5.14. The molecule has 6 fully saturated rings. The number of aryl methyl sites for hydroxylation is 1. The lowest BCUT2D eigenvalue weighted by Gasteiger charge is -2.55. The Hall–Kier alpha value is -2.57. The molecule has 220 valence electrons. The lowest BCUT2D eigenvalue weighted by atomic mass is 9.49. The minimum absolute atomic E-state index is 0.0608. The van der Waals surface area contributed by atoms with E-state index in [1.165, 1.54) is 38.3 Å². The molecule has 1 aromatic carbocycles. The van der Waals surface area contributed by atoms with E-state index in [0.717, 1.165) is 24.8 Å². The van der Waals surface area contributed by atoms with Crippen LogP contribution in [-0.4, -0.2) is 54.0 Å². The van der Waals surface area contributed by atoms with Crippen molar-refractivity contribution in [2.24, 2.45) is 46.7 Å². The second kappa shape index (κ2) is 10.1. The van der Waals surface area contributed by atoms with Crippen molar-refractivity contribution in [3.63, 3.8) is 0 Å². The van der Waals surface area contributed by atoms with Crippen LogP contribution in [0.15, 0.2) is 29.2 Å². The van der Waals surface area contributed by atoms with Crippen molar-refractivity contribution in [1.82, 2.24) is 0 Å². The number of carbonyl (C=O) groups is 3. The maximum atomic E-state index is 14.0. The topological polar surface area (TPSA) is 170 Å². The second-order valence-electron chi connectivity index (χ2n) is 12.6. The number of fused-ring (bicyclic) bond motifs is 1. The fourth-order valence-electron chi connectivity index (χ4n) is 8.17. The van der Waals surface area contributed by atoms with Gasteiger partial charge in [-0.25, -0.2) is 4.39 Å². The minimum atomic E-state index is -4.02. The highest BCUT2D eigenvalue weighted by atomic mass is 32.2. The zero-order chi connectivity index (χ0) is 29.2. The van der Waals surface area contributed by atoms with Crippen LogP contribution in [0.5, 0.6) is 0 Å². The van der Waals surface area contributed by atoms with Gasteiger partial charge in [-0.05, 0) is 87.7 Å². The standard InChI is InChI=1S/C21H28FNO6.C7H8O3S/c1-9(28-17(24)15-13-5-14(22)21(23,16(13)15)18(25)26)29-19(27)20-6-10-2-11(7-20)4-12(3-10)8-20;1-6-2-4-7(5-3-6)11(8,9)10/h9-16H,2-8,23H2,1H3,(H,25,26);2-5H,1H3,(H,8,9,10)/t9-,10?,11?,12?,13-,14-,15-,16-,20?,21-;/m0./s1. The van der Waals surface area contributed by atoms with Crippen molar-refractivity contribution >= 4 is 28.0 Å². The third-order valence-corrected chi connectivity index (χ3v) is 10.6. The van der Waals surface area contributed by atoms with Gasteiger partial charge in [0.25, 0.3) is 10.1 Å². The molecule has 0 aromatic heterocycles. The number of halogens is 1. The summed E-state index contributed by atoms with van der Waals surface area (Å²) in [5.41, 5.74) is 4.24. The van der Waals surface area contributed by atoms with Gasteiger partial charge < -0.3 is 20.3 Å². The Kier molecular flexibility index (Phi) is 7.28. The van der Waals surface area contributed by atoms with Crippen molar-refractivity contribution < 1.29 is 46.3 Å². The summed E-state index contributed by atoms with van der Waals surface area (Å²) < 4.78 is 54.4. The molecule has 4 N–H and O–H groups in total. The molecule has 0 radical (unpaired) electrons. The second-order valence-corrected chi connectivity index (χ2v) is 14.0. The number of aliphatic carboxylic acids is 1. The SMILES string of the molecule is C[C@@H](OC(=O)[C@H]1[C@@H]2C[C@H](F)[C@@](N)(C(=O)O)[C@@H]21)OC(=O)C12CC3CC(CC(C3)C1)C2.Cc1ccc(S(=O)(=O)O)cc1. The Morgan fingerprint density at radius 3 is 2.00 bits per heavy atom. The van der Waals surface area contributed by atoms with E-state index in [1.807, 2.05) is 6.92 Å². The molecule has 7 rings (SSSR count). The fourth-order valence-corrected chi connectivity index (χ4v) is 8.65. The van der Waals surface area contributed by atoms with Gasteiger partial charge >= 0.3 is 17.9 Å². The molecule has 0 aliphatic heterocycles. The van der Waals surface area contributed by atoms with Crippen LogP contribution in [0.4, 0.5) is 4.39 Å². The number of alkyl halides is 1. The molecule has 6 aliphatic rings. The van der Waals surface area contributed by atoms with Crippen LogP contribution in [0.25, 0.3) is 0 Å². The van der Waals surface area contributed by atoms with Crippen LogP contribution in [0, 0.1) is 47.8 Å².